The topological polar surface area (TPSA) is 42.7 Å². The molecule has 1 aromatic heterocycles. The number of benzene rings is 2. The van der Waals surface area contributed by atoms with E-state index in [0.29, 0.717) is 16.8 Å². The van der Waals surface area contributed by atoms with Gasteiger partial charge in [0.2, 0.25) is 5.95 Å². The van der Waals surface area contributed by atoms with Crippen LogP contribution in [0.15, 0.2) is 54.6 Å². The van der Waals surface area contributed by atoms with Crippen LogP contribution in [0.25, 0.3) is 5.70 Å². The molecule has 0 saturated carbocycles. The van der Waals surface area contributed by atoms with Crippen LogP contribution in [-0.4, -0.2) is 14.8 Å². The van der Waals surface area contributed by atoms with Gasteiger partial charge < -0.3 is 5.32 Å². The van der Waals surface area contributed by atoms with Crippen LogP contribution in [0.5, 0.6) is 0 Å². The van der Waals surface area contributed by atoms with E-state index in [2.05, 4.69) is 15.4 Å². The molecule has 4 rings (SSSR count). The number of nitrogens with one attached hydrogen (secondary N) is 1. The molecule has 1 aliphatic rings. The highest BCUT2D eigenvalue weighted by Gasteiger charge is 2.25. The minimum Gasteiger partial charge on any atom is -0.324 e. The third-order valence-electron chi connectivity index (χ3n) is 3.95. The number of rotatable bonds is 2. The molecule has 0 aliphatic carbocycles. The van der Waals surface area contributed by atoms with Crippen molar-refractivity contribution in [3.8, 4) is 0 Å². The van der Waals surface area contributed by atoms with E-state index in [9.17, 15) is 4.39 Å². The van der Waals surface area contributed by atoms with Crippen molar-refractivity contribution < 1.29 is 4.39 Å². The van der Waals surface area contributed by atoms with Gasteiger partial charge in [-0.2, -0.15) is 10.1 Å². The maximum atomic E-state index is 13.2. The summed E-state index contributed by atoms with van der Waals surface area (Å²) in [7, 11) is 0. The Labute approximate surface area is 143 Å². The largest absolute Gasteiger partial charge is 0.324 e. The normalized spacial score (nSPS) is 16.3. The third kappa shape index (κ3) is 2.57. The van der Waals surface area contributed by atoms with Crippen LogP contribution >= 0.6 is 11.6 Å². The molecule has 0 radical (unpaired) electrons. The quantitative estimate of drug-likeness (QED) is 0.750. The number of aromatic nitrogens is 3. The number of hydrogen-bond donors (Lipinski definition) is 1. The molecule has 0 unspecified atom stereocenters. The van der Waals surface area contributed by atoms with Gasteiger partial charge in [0.05, 0.1) is 0 Å². The molecule has 120 valence electrons. The van der Waals surface area contributed by atoms with Crippen molar-refractivity contribution in [3.63, 3.8) is 0 Å². The van der Waals surface area contributed by atoms with Crippen molar-refractivity contribution in [1.29, 1.82) is 0 Å². The molecule has 24 heavy (non-hydrogen) atoms. The van der Waals surface area contributed by atoms with Crippen molar-refractivity contribution in [1.82, 2.24) is 14.8 Å². The van der Waals surface area contributed by atoms with Gasteiger partial charge in [0.1, 0.15) is 17.7 Å². The van der Waals surface area contributed by atoms with Crippen LogP contribution in [0.2, 0.25) is 5.02 Å². The second kappa shape index (κ2) is 5.76. The first kappa shape index (κ1) is 14.9. The summed E-state index contributed by atoms with van der Waals surface area (Å²) in [5, 5.41) is 8.39. The number of aryl methyl sites for hydroxylation is 1. The Morgan fingerprint density at radius 1 is 1.12 bits per heavy atom. The Morgan fingerprint density at radius 2 is 1.88 bits per heavy atom. The lowest BCUT2D eigenvalue weighted by Crippen LogP contribution is -2.20. The average Bonchev–Trinajstić information content (AvgIpc) is 2.95. The van der Waals surface area contributed by atoms with Gasteiger partial charge in [-0.25, -0.2) is 9.07 Å². The number of nitrogens with zero attached hydrogens (tertiary/aromatic N) is 3. The number of hydrogen-bond acceptors (Lipinski definition) is 3. The zero-order valence-electron chi connectivity index (χ0n) is 12.9. The fourth-order valence-corrected chi connectivity index (χ4v) is 3.08. The molecule has 6 heteroatoms. The van der Waals surface area contributed by atoms with E-state index in [4.69, 9.17) is 11.6 Å². The number of fused-ring (bicyclic) bond motifs is 1. The van der Waals surface area contributed by atoms with Gasteiger partial charge in [-0.05, 0) is 54.5 Å². The van der Waals surface area contributed by atoms with Crippen LogP contribution in [-0.2, 0) is 0 Å². The number of anilines is 1. The Hall–Kier alpha value is -2.66. The first-order valence-corrected chi connectivity index (χ1v) is 7.92. The van der Waals surface area contributed by atoms with E-state index in [1.165, 1.54) is 12.1 Å². The lowest BCUT2D eigenvalue weighted by Gasteiger charge is -2.25. The molecule has 0 fully saturated rings. The minimum absolute atomic E-state index is 0.184. The fraction of sp³-hybridized carbons (Fsp3) is 0.111. The molecule has 1 atom stereocenters. The van der Waals surface area contributed by atoms with Gasteiger partial charge in [-0.15, -0.1) is 0 Å². The number of allylic oxidation sites excluding steroid dienone is 1. The van der Waals surface area contributed by atoms with Crippen LogP contribution in [0.4, 0.5) is 10.3 Å². The molecule has 3 aromatic rings. The van der Waals surface area contributed by atoms with E-state index >= 15 is 0 Å². The molecule has 2 aromatic carbocycles. The predicted molar refractivity (Wildman–Crippen MR) is 92.3 cm³/mol. The van der Waals surface area contributed by atoms with Gasteiger partial charge in [-0.1, -0.05) is 29.8 Å². The molecular weight excluding hydrogens is 327 g/mol. The summed E-state index contributed by atoms with van der Waals surface area (Å²) in [6, 6.07) is 13.8. The summed E-state index contributed by atoms with van der Waals surface area (Å²) in [6.07, 6.45) is 2.02. The maximum absolute atomic E-state index is 13.2. The molecule has 1 N–H and O–H groups in total. The van der Waals surface area contributed by atoms with Gasteiger partial charge >= 0.3 is 0 Å². The summed E-state index contributed by atoms with van der Waals surface area (Å²) in [4.78, 5) is 4.43. The summed E-state index contributed by atoms with van der Waals surface area (Å²) < 4.78 is 15.0. The van der Waals surface area contributed by atoms with Gasteiger partial charge in [-0.3, -0.25) is 0 Å². The first-order chi connectivity index (χ1) is 11.6. The smallest absolute Gasteiger partial charge is 0.226 e. The third-order valence-corrected chi connectivity index (χ3v) is 4.29. The van der Waals surface area contributed by atoms with Gasteiger partial charge in [0, 0.05) is 10.7 Å². The SMILES string of the molecule is Cc1nc2n(n1)[C@H](c1ccccc1Cl)C=C(c1ccc(F)cc1)N2. The van der Waals surface area contributed by atoms with Crippen LogP contribution < -0.4 is 5.32 Å². The predicted octanol–water partition coefficient (Wildman–Crippen LogP) is 4.44. The number of halogens is 2. The van der Waals surface area contributed by atoms with E-state index in [0.717, 1.165) is 16.8 Å². The highest BCUT2D eigenvalue weighted by Crippen LogP contribution is 2.35. The second-order valence-electron chi connectivity index (χ2n) is 5.61. The highest BCUT2D eigenvalue weighted by molar-refractivity contribution is 6.31. The van der Waals surface area contributed by atoms with Crippen LogP contribution in [0.3, 0.4) is 0 Å². The molecule has 4 nitrogen and oxygen atoms in total. The fourth-order valence-electron chi connectivity index (χ4n) is 2.83. The van der Waals surface area contributed by atoms with Gasteiger partial charge in [0.25, 0.3) is 0 Å². The summed E-state index contributed by atoms with van der Waals surface area (Å²) >= 11 is 6.38. The van der Waals surface area contributed by atoms with Crippen molar-refractivity contribution in [2.75, 3.05) is 5.32 Å². The molecule has 0 spiro atoms. The van der Waals surface area contributed by atoms with Crippen molar-refractivity contribution in [2.45, 2.75) is 13.0 Å². The summed E-state index contributed by atoms with van der Waals surface area (Å²) in [6.45, 7) is 1.84. The lowest BCUT2D eigenvalue weighted by atomic mass is 10.0. The van der Waals surface area contributed by atoms with Crippen LogP contribution in [0, 0.1) is 12.7 Å². The standard InChI is InChI=1S/C18H14ClFN4/c1-11-21-18-22-16(12-6-8-13(20)9-7-12)10-17(24(18)23-11)14-4-2-3-5-15(14)19/h2-10,17H,1H3,(H,21,22,23)/t17-/m0/s1. The molecule has 0 amide bonds. The van der Waals surface area contributed by atoms with E-state index < -0.39 is 0 Å². The second-order valence-corrected chi connectivity index (χ2v) is 6.01. The van der Waals surface area contributed by atoms with Gasteiger partial charge in [0.15, 0.2) is 0 Å². The highest BCUT2D eigenvalue weighted by atomic mass is 35.5. The molecule has 0 saturated heterocycles. The van der Waals surface area contributed by atoms with E-state index in [1.54, 1.807) is 12.1 Å². The molecular formula is C18H14ClFN4. The lowest BCUT2D eigenvalue weighted by molar-refractivity contribution is 0.607. The molecule has 1 aliphatic heterocycles. The monoisotopic (exact) mass is 340 g/mol. The van der Waals surface area contributed by atoms with Crippen molar-refractivity contribution >= 4 is 23.2 Å². The first-order valence-electron chi connectivity index (χ1n) is 7.54. The molecule has 2 heterocycles. The van der Waals surface area contributed by atoms with E-state index in [-0.39, 0.29) is 11.9 Å². The average molecular weight is 341 g/mol. The maximum Gasteiger partial charge on any atom is 0.226 e. The van der Waals surface area contributed by atoms with Crippen molar-refractivity contribution in [3.05, 3.63) is 82.4 Å². The Kier molecular flexibility index (Phi) is 3.58. The van der Waals surface area contributed by atoms with Crippen molar-refractivity contribution in [2.24, 2.45) is 0 Å². The Balaban J connectivity index is 1.85. The Bertz CT molecular complexity index is 930. The van der Waals surface area contributed by atoms with Crippen LogP contribution in [0.1, 0.15) is 23.0 Å². The minimum atomic E-state index is -0.267. The summed E-state index contributed by atoms with van der Waals surface area (Å²) in [5.74, 6) is 1.04. The van der Waals surface area contributed by atoms with E-state index in [1.807, 2.05) is 41.9 Å². The molecule has 0 bridgehead atoms. The zero-order valence-corrected chi connectivity index (χ0v) is 13.6. The zero-order chi connectivity index (χ0) is 16.7. The summed E-state index contributed by atoms with van der Waals surface area (Å²) in [5.41, 5.74) is 2.66. The Morgan fingerprint density at radius 3 is 2.62 bits per heavy atom.